The lowest BCUT2D eigenvalue weighted by Gasteiger charge is -2.07. The summed E-state index contributed by atoms with van der Waals surface area (Å²) in [6, 6.07) is 2.28. The molecule has 20 heavy (non-hydrogen) atoms. The molecular formula is C13H20N4O3. The molecule has 0 radical (unpaired) electrons. The Hall–Kier alpha value is -2.18. The molecule has 0 saturated heterocycles. The highest BCUT2D eigenvalue weighted by molar-refractivity contribution is 5.90. The summed E-state index contributed by atoms with van der Waals surface area (Å²) < 4.78 is 0. The van der Waals surface area contributed by atoms with Crippen molar-refractivity contribution >= 4 is 17.5 Å². The predicted octanol–water partition coefficient (Wildman–Crippen LogP) is 3.08. The van der Waals surface area contributed by atoms with Gasteiger partial charge in [0.2, 0.25) is 5.82 Å². The number of amides is 2. The van der Waals surface area contributed by atoms with Crippen molar-refractivity contribution in [2.24, 2.45) is 0 Å². The molecule has 7 nitrogen and oxygen atoms in total. The van der Waals surface area contributed by atoms with Gasteiger partial charge in [-0.15, -0.1) is 0 Å². The number of nitrogens with one attached hydrogen (secondary N) is 2. The molecule has 0 atom stereocenters. The van der Waals surface area contributed by atoms with Crippen LogP contribution in [0.25, 0.3) is 0 Å². The van der Waals surface area contributed by atoms with Crippen LogP contribution in [-0.4, -0.2) is 22.5 Å². The molecule has 1 rings (SSSR count). The zero-order valence-corrected chi connectivity index (χ0v) is 11.6. The van der Waals surface area contributed by atoms with Crippen molar-refractivity contribution in [2.75, 3.05) is 11.9 Å². The largest absolute Gasteiger partial charge is 0.338 e. The summed E-state index contributed by atoms with van der Waals surface area (Å²) in [6.07, 6.45) is 6.90. The quantitative estimate of drug-likeness (QED) is 0.434. The Bertz CT molecular complexity index is 451. The second-order valence-electron chi connectivity index (χ2n) is 4.42. The molecular weight excluding hydrogens is 260 g/mol. The number of nitrogens with zero attached hydrogens (tertiary/aromatic N) is 2. The fourth-order valence-electron chi connectivity index (χ4n) is 1.72. The van der Waals surface area contributed by atoms with E-state index in [0.29, 0.717) is 6.54 Å². The van der Waals surface area contributed by atoms with Crippen LogP contribution in [0.2, 0.25) is 0 Å². The third-order valence-electron chi connectivity index (χ3n) is 2.78. The summed E-state index contributed by atoms with van der Waals surface area (Å²) in [5, 5.41) is 15.8. The zero-order chi connectivity index (χ0) is 14.8. The van der Waals surface area contributed by atoms with Crippen molar-refractivity contribution < 1.29 is 9.72 Å². The van der Waals surface area contributed by atoms with Gasteiger partial charge in [0.1, 0.15) is 0 Å². The topological polar surface area (TPSA) is 97.2 Å². The van der Waals surface area contributed by atoms with Crippen molar-refractivity contribution in [1.82, 2.24) is 10.3 Å². The lowest BCUT2D eigenvalue weighted by Crippen LogP contribution is -2.30. The van der Waals surface area contributed by atoms with E-state index in [0.717, 1.165) is 19.3 Å². The van der Waals surface area contributed by atoms with Gasteiger partial charge in [-0.25, -0.2) is 9.78 Å². The van der Waals surface area contributed by atoms with Gasteiger partial charge in [-0.05, 0) is 12.5 Å². The molecule has 2 amide bonds. The molecule has 0 unspecified atom stereocenters. The van der Waals surface area contributed by atoms with Gasteiger partial charge >= 0.3 is 11.7 Å². The molecule has 0 bridgehead atoms. The first-order valence-electron chi connectivity index (χ1n) is 6.79. The molecule has 2 N–H and O–H groups in total. The summed E-state index contributed by atoms with van der Waals surface area (Å²) in [6.45, 7) is 2.70. The number of hydrogen-bond acceptors (Lipinski definition) is 4. The first-order chi connectivity index (χ1) is 9.65. The highest BCUT2D eigenvalue weighted by Gasteiger charge is 2.15. The van der Waals surface area contributed by atoms with E-state index in [-0.39, 0.29) is 11.5 Å². The minimum absolute atomic E-state index is 0.0408. The van der Waals surface area contributed by atoms with Gasteiger partial charge in [-0.1, -0.05) is 32.6 Å². The van der Waals surface area contributed by atoms with Crippen LogP contribution in [0.5, 0.6) is 0 Å². The second-order valence-corrected chi connectivity index (χ2v) is 4.42. The van der Waals surface area contributed by atoms with Crippen molar-refractivity contribution in [3.8, 4) is 0 Å². The molecule has 7 heteroatoms. The van der Waals surface area contributed by atoms with Gasteiger partial charge in [0.05, 0.1) is 4.92 Å². The van der Waals surface area contributed by atoms with Crippen LogP contribution in [0.1, 0.15) is 39.0 Å². The molecule has 0 aliphatic heterocycles. The lowest BCUT2D eigenvalue weighted by molar-refractivity contribution is -0.384. The molecule has 1 heterocycles. The van der Waals surface area contributed by atoms with Crippen molar-refractivity contribution in [3.63, 3.8) is 0 Å². The normalized spacial score (nSPS) is 10.1. The number of urea groups is 1. The van der Waals surface area contributed by atoms with Gasteiger partial charge in [0.15, 0.2) is 0 Å². The summed E-state index contributed by atoms with van der Waals surface area (Å²) in [7, 11) is 0. The molecule has 1 aromatic heterocycles. The van der Waals surface area contributed by atoms with E-state index in [2.05, 4.69) is 22.5 Å². The maximum Gasteiger partial charge on any atom is 0.320 e. The number of carbonyl (C=O) groups is 1. The van der Waals surface area contributed by atoms with Crippen molar-refractivity contribution in [3.05, 3.63) is 28.4 Å². The molecule has 0 saturated carbocycles. The van der Waals surface area contributed by atoms with Gasteiger partial charge in [0, 0.05) is 18.8 Å². The fourth-order valence-corrected chi connectivity index (χ4v) is 1.72. The number of anilines is 1. The van der Waals surface area contributed by atoms with E-state index >= 15 is 0 Å². The molecule has 0 aromatic carbocycles. The van der Waals surface area contributed by atoms with Gasteiger partial charge in [0.25, 0.3) is 0 Å². The van der Waals surface area contributed by atoms with Crippen LogP contribution in [0.4, 0.5) is 16.3 Å². The maximum atomic E-state index is 11.6. The first kappa shape index (κ1) is 15.9. The molecule has 110 valence electrons. The number of pyridine rings is 1. The Kier molecular flexibility index (Phi) is 7.02. The van der Waals surface area contributed by atoms with E-state index < -0.39 is 11.0 Å². The number of hydrogen-bond donors (Lipinski definition) is 2. The molecule has 0 aliphatic carbocycles. The van der Waals surface area contributed by atoms with Gasteiger partial charge in [-0.3, -0.25) is 15.4 Å². The standard InChI is InChI=1S/C13H20N4O3/c1-2-3-4-5-6-9-15-13(18)16-12-11(17(19)20)8-7-10-14-12/h7-8,10H,2-6,9H2,1H3,(H2,14,15,16,18). The van der Waals surface area contributed by atoms with Crippen LogP contribution in [0.15, 0.2) is 18.3 Å². The van der Waals surface area contributed by atoms with Crippen LogP contribution < -0.4 is 10.6 Å². The smallest absolute Gasteiger partial charge is 0.320 e. The fraction of sp³-hybridized carbons (Fsp3) is 0.538. The minimum atomic E-state index is -0.576. The van der Waals surface area contributed by atoms with Gasteiger partial charge in [-0.2, -0.15) is 0 Å². The van der Waals surface area contributed by atoms with Crippen molar-refractivity contribution in [1.29, 1.82) is 0 Å². The number of rotatable bonds is 8. The Morgan fingerprint density at radius 1 is 1.35 bits per heavy atom. The van der Waals surface area contributed by atoms with Gasteiger partial charge < -0.3 is 5.32 Å². The number of unbranched alkanes of at least 4 members (excludes halogenated alkanes) is 4. The van der Waals surface area contributed by atoms with Crippen LogP contribution in [-0.2, 0) is 0 Å². The van der Waals surface area contributed by atoms with E-state index in [9.17, 15) is 14.9 Å². The Balaban J connectivity index is 2.34. The molecule has 0 aliphatic rings. The summed E-state index contributed by atoms with van der Waals surface area (Å²) in [5.74, 6) is -0.0408. The average Bonchev–Trinajstić information content (AvgIpc) is 2.43. The lowest BCUT2D eigenvalue weighted by atomic mass is 10.1. The zero-order valence-electron chi connectivity index (χ0n) is 11.6. The van der Waals surface area contributed by atoms with E-state index in [1.54, 1.807) is 0 Å². The Morgan fingerprint density at radius 2 is 2.10 bits per heavy atom. The number of aromatic nitrogens is 1. The maximum absolute atomic E-state index is 11.6. The number of carbonyl (C=O) groups excluding carboxylic acids is 1. The predicted molar refractivity (Wildman–Crippen MR) is 76.7 cm³/mol. The third kappa shape index (κ3) is 5.64. The van der Waals surface area contributed by atoms with Crippen molar-refractivity contribution in [2.45, 2.75) is 39.0 Å². The Labute approximate surface area is 117 Å². The van der Waals surface area contributed by atoms with E-state index in [1.165, 1.54) is 31.2 Å². The molecule has 1 aromatic rings. The summed E-state index contributed by atoms with van der Waals surface area (Å²) >= 11 is 0. The van der Waals surface area contributed by atoms with E-state index in [4.69, 9.17) is 0 Å². The summed E-state index contributed by atoms with van der Waals surface area (Å²) in [4.78, 5) is 25.6. The molecule has 0 fully saturated rings. The monoisotopic (exact) mass is 280 g/mol. The van der Waals surface area contributed by atoms with E-state index in [1.807, 2.05) is 0 Å². The third-order valence-corrected chi connectivity index (χ3v) is 2.78. The van der Waals surface area contributed by atoms with Crippen LogP contribution in [0, 0.1) is 10.1 Å². The van der Waals surface area contributed by atoms with Crippen LogP contribution in [0.3, 0.4) is 0 Å². The second kappa shape index (κ2) is 8.84. The summed E-state index contributed by atoms with van der Waals surface area (Å²) in [5.41, 5.74) is -0.217. The SMILES string of the molecule is CCCCCCCNC(=O)Nc1ncccc1[N+](=O)[O-]. The molecule has 0 spiro atoms. The highest BCUT2D eigenvalue weighted by atomic mass is 16.6. The highest BCUT2D eigenvalue weighted by Crippen LogP contribution is 2.19. The van der Waals surface area contributed by atoms with Crippen LogP contribution >= 0.6 is 0 Å². The first-order valence-corrected chi connectivity index (χ1v) is 6.79. The minimum Gasteiger partial charge on any atom is -0.338 e. The number of nitro groups is 1. The average molecular weight is 280 g/mol. The Morgan fingerprint density at radius 3 is 2.80 bits per heavy atom.